The number of nitrogens with zero attached hydrogens (tertiary/aromatic N) is 5. The first-order valence-corrected chi connectivity index (χ1v) is 8.73. The number of rotatable bonds is 2. The Labute approximate surface area is 147 Å². The molecule has 6 heteroatoms. The number of carbonyl (C=O) groups is 1. The van der Waals surface area contributed by atoms with Crippen LogP contribution in [-0.4, -0.2) is 36.5 Å². The van der Waals surface area contributed by atoms with E-state index in [1.807, 2.05) is 59.3 Å². The minimum atomic E-state index is 0.00764. The lowest BCUT2D eigenvalue weighted by atomic mass is 10.0. The minimum absolute atomic E-state index is 0.00764. The highest BCUT2D eigenvalue weighted by Gasteiger charge is 2.34. The zero-order valence-electron chi connectivity index (χ0n) is 15.2. The Hall–Kier alpha value is -2.63. The topological polar surface area (TPSA) is 55.4 Å². The minimum Gasteiger partial charge on any atom is -0.330 e. The Morgan fingerprint density at radius 1 is 1.24 bits per heavy atom. The number of aryl methyl sites for hydroxylation is 3. The molecule has 6 nitrogen and oxygen atoms in total. The second-order valence-electron chi connectivity index (χ2n) is 6.89. The summed E-state index contributed by atoms with van der Waals surface area (Å²) < 4.78 is 3.87. The first-order valence-electron chi connectivity index (χ1n) is 8.73. The van der Waals surface area contributed by atoms with Crippen LogP contribution < -0.4 is 0 Å². The van der Waals surface area contributed by atoms with Crippen molar-refractivity contribution >= 4 is 11.6 Å². The van der Waals surface area contributed by atoms with Gasteiger partial charge in [-0.25, -0.2) is 4.98 Å². The average Bonchev–Trinajstić information content (AvgIpc) is 3.26. The Kier molecular flexibility index (Phi) is 3.63. The first kappa shape index (κ1) is 15.9. The Morgan fingerprint density at radius 2 is 2.04 bits per heavy atom. The van der Waals surface area contributed by atoms with E-state index in [0.717, 1.165) is 42.1 Å². The van der Waals surface area contributed by atoms with Crippen molar-refractivity contribution in [1.82, 2.24) is 24.1 Å². The number of carbonyl (C=O) groups excluding carboxylic acids is 1. The van der Waals surface area contributed by atoms with Crippen LogP contribution in [0.1, 0.15) is 52.0 Å². The van der Waals surface area contributed by atoms with E-state index in [2.05, 4.69) is 17.0 Å². The molecule has 3 aromatic heterocycles. The maximum atomic E-state index is 13.2. The van der Waals surface area contributed by atoms with E-state index in [4.69, 9.17) is 0 Å². The quantitative estimate of drug-likeness (QED) is 0.722. The molecule has 0 unspecified atom stereocenters. The summed E-state index contributed by atoms with van der Waals surface area (Å²) in [5.41, 5.74) is 5.73. The van der Waals surface area contributed by atoms with Gasteiger partial charge in [-0.15, -0.1) is 0 Å². The summed E-state index contributed by atoms with van der Waals surface area (Å²) in [5.74, 6) is 0.00764. The standard InChI is InChI=1S/C19H23N5O/c1-12-7-5-9-17-20-15(11-24(12)17)19(25)23-10-6-8-16(23)18-13(2)21-22(4)14(18)3/h5,7,9,11,16H,6,8,10H2,1-4H3/t16-/m0/s1. The normalized spacial score (nSPS) is 17.6. The van der Waals surface area contributed by atoms with Gasteiger partial charge in [-0.2, -0.15) is 5.10 Å². The average molecular weight is 337 g/mol. The lowest BCUT2D eigenvalue weighted by molar-refractivity contribution is 0.0729. The van der Waals surface area contributed by atoms with Crippen molar-refractivity contribution < 1.29 is 4.79 Å². The van der Waals surface area contributed by atoms with Crippen LogP contribution in [0.15, 0.2) is 24.4 Å². The van der Waals surface area contributed by atoms with Crippen molar-refractivity contribution in [3.05, 3.63) is 52.7 Å². The van der Waals surface area contributed by atoms with Gasteiger partial charge in [-0.3, -0.25) is 9.48 Å². The molecular weight excluding hydrogens is 314 g/mol. The smallest absolute Gasteiger partial charge is 0.274 e. The van der Waals surface area contributed by atoms with Gasteiger partial charge in [0.25, 0.3) is 5.91 Å². The number of amides is 1. The highest BCUT2D eigenvalue weighted by molar-refractivity contribution is 5.93. The van der Waals surface area contributed by atoms with Crippen LogP contribution in [0.3, 0.4) is 0 Å². The van der Waals surface area contributed by atoms with Crippen LogP contribution in [0.25, 0.3) is 5.65 Å². The van der Waals surface area contributed by atoms with Gasteiger partial charge in [-0.05, 0) is 45.7 Å². The number of fused-ring (bicyclic) bond motifs is 1. The van der Waals surface area contributed by atoms with E-state index in [9.17, 15) is 4.79 Å². The molecule has 4 heterocycles. The highest BCUT2D eigenvalue weighted by atomic mass is 16.2. The monoisotopic (exact) mass is 337 g/mol. The van der Waals surface area contributed by atoms with Crippen LogP contribution in [0.4, 0.5) is 0 Å². The Morgan fingerprint density at radius 3 is 2.72 bits per heavy atom. The van der Waals surface area contributed by atoms with Gasteiger partial charge in [0.05, 0.1) is 11.7 Å². The SMILES string of the molecule is Cc1nn(C)c(C)c1[C@@H]1CCCN1C(=O)c1cn2c(C)cccc2n1. The lowest BCUT2D eigenvalue weighted by Gasteiger charge is -2.24. The number of hydrogen-bond acceptors (Lipinski definition) is 3. The molecule has 0 aliphatic carbocycles. The number of pyridine rings is 1. The highest BCUT2D eigenvalue weighted by Crippen LogP contribution is 2.36. The van der Waals surface area contributed by atoms with Gasteiger partial charge in [0, 0.05) is 36.7 Å². The molecule has 0 spiro atoms. The molecule has 1 aliphatic rings. The molecule has 1 atom stereocenters. The second kappa shape index (κ2) is 5.72. The second-order valence-corrected chi connectivity index (χ2v) is 6.89. The van der Waals surface area contributed by atoms with E-state index in [1.165, 1.54) is 5.56 Å². The third kappa shape index (κ3) is 2.44. The van der Waals surface area contributed by atoms with Crippen LogP contribution in [0.5, 0.6) is 0 Å². The number of hydrogen-bond donors (Lipinski definition) is 0. The van der Waals surface area contributed by atoms with E-state index in [-0.39, 0.29) is 11.9 Å². The zero-order chi connectivity index (χ0) is 17.7. The van der Waals surface area contributed by atoms with Gasteiger partial charge in [0.2, 0.25) is 0 Å². The van der Waals surface area contributed by atoms with Gasteiger partial charge >= 0.3 is 0 Å². The summed E-state index contributed by atoms with van der Waals surface area (Å²) in [4.78, 5) is 19.7. The fourth-order valence-electron chi connectivity index (χ4n) is 3.98. The first-order chi connectivity index (χ1) is 12.0. The Balaban J connectivity index is 1.72. The van der Waals surface area contributed by atoms with Crippen molar-refractivity contribution in [2.75, 3.05) is 6.54 Å². The maximum absolute atomic E-state index is 13.2. The van der Waals surface area contributed by atoms with E-state index >= 15 is 0 Å². The van der Waals surface area contributed by atoms with Crippen LogP contribution in [0, 0.1) is 20.8 Å². The molecule has 4 rings (SSSR count). The van der Waals surface area contributed by atoms with E-state index < -0.39 is 0 Å². The summed E-state index contributed by atoms with van der Waals surface area (Å²) in [6.45, 7) is 6.89. The van der Waals surface area contributed by atoms with E-state index in [1.54, 1.807) is 0 Å². The predicted molar refractivity (Wildman–Crippen MR) is 95.6 cm³/mol. The maximum Gasteiger partial charge on any atom is 0.274 e. The van der Waals surface area contributed by atoms with Gasteiger partial charge in [0.15, 0.2) is 0 Å². The van der Waals surface area contributed by atoms with Crippen LogP contribution >= 0.6 is 0 Å². The number of likely N-dealkylation sites (tertiary alicyclic amines) is 1. The summed E-state index contributed by atoms with van der Waals surface area (Å²) in [7, 11) is 1.96. The summed E-state index contributed by atoms with van der Waals surface area (Å²) >= 11 is 0. The van der Waals surface area contributed by atoms with Crippen molar-refractivity contribution in [2.24, 2.45) is 7.05 Å². The molecule has 1 amide bonds. The molecule has 0 bridgehead atoms. The third-order valence-electron chi connectivity index (χ3n) is 5.33. The molecule has 1 fully saturated rings. The summed E-state index contributed by atoms with van der Waals surface area (Å²) in [5, 5.41) is 4.53. The fourth-order valence-corrected chi connectivity index (χ4v) is 3.98. The predicted octanol–water partition coefficient (Wildman–Crippen LogP) is 2.97. The molecule has 0 N–H and O–H groups in total. The fraction of sp³-hybridized carbons (Fsp3) is 0.421. The lowest BCUT2D eigenvalue weighted by Crippen LogP contribution is -2.31. The van der Waals surface area contributed by atoms with Crippen LogP contribution in [-0.2, 0) is 7.05 Å². The molecule has 0 aromatic carbocycles. The van der Waals surface area contributed by atoms with Crippen molar-refractivity contribution in [3.8, 4) is 0 Å². The van der Waals surface area contributed by atoms with Gasteiger partial charge < -0.3 is 9.30 Å². The van der Waals surface area contributed by atoms with Crippen molar-refractivity contribution in [2.45, 2.75) is 39.7 Å². The molecule has 130 valence electrons. The van der Waals surface area contributed by atoms with Crippen molar-refractivity contribution in [3.63, 3.8) is 0 Å². The third-order valence-corrected chi connectivity index (χ3v) is 5.33. The van der Waals surface area contributed by atoms with Crippen LogP contribution in [0.2, 0.25) is 0 Å². The zero-order valence-corrected chi connectivity index (χ0v) is 15.2. The molecule has 3 aromatic rings. The Bertz CT molecular complexity index is 968. The molecule has 0 saturated carbocycles. The summed E-state index contributed by atoms with van der Waals surface area (Å²) in [6.07, 6.45) is 3.84. The largest absolute Gasteiger partial charge is 0.330 e. The molecule has 1 aliphatic heterocycles. The molecular formula is C19H23N5O. The number of imidazole rings is 1. The molecule has 1 saturated heterocycles. The molecule has 0 radical (unpaired) electrons. The summed E-state index contributed by atoms with van der Waals surface area (Å²) in [6, 6.07) is 6.00. The number of aromatic nitrogens is 4. The van der Waals surface area contributed by atoms with Crippen molar-refractivity contribution in [1.29, 1.82) is 0 Å². The van der Waals surface area contributed by atoms with E-state index in [0.29, 0.717) is 5.69 Å². The van der Waals surface area contributed by atoms with Gasteiger partial charge in [0.1, 0.15) is 11.3 Å². The van der Waals surface area contributed by atoms with Gasteiger partial charge in [-0.1, -0.05) is 6.07 Å². The molecule has 25 heavy (non-hydrogen) atoms.